The van der Waals surface area contributed by atoms with Gasteiger partial charge in [0, 0.05) is 25.1 Å². The maximum Gasteiger partial charge on any atom is 0.407 e. The number of carbonyl (C=O) groups excluding carboxylic acids is 1. The van der Waals surface area contributed by atoms with Crippen LogP contribution in [0.15, 0.2) is 36.5 Å². The first kappa shape index (κ1) is 21.5. The van der Waals surface area contributed by atoms with Gasteiger partial charge < -0.3 is 20.1 Å². The molecule has 10 heteroatoms. The maximum absolute atomic E-state index is 14.4. The number of nitrogens with one attached hydrogen (secondary N) is 1. The fraction of sp³-hybridized carbons (Fsp3) is 0.364. The number of amides is 2. The van der Waals surface area contributed by atoms with Crippen LogP contribution in [0.4, 0.5) is 19.4 Å². The molecule has 1 unspecified atom stereocenters. The van der Waals surface area contributed by atoms with Gasteiger partial charge in [-0.25, -0.2) is 18.6 Å². The molecule has 4 rings (SSSR count). The third kappa shape index (κ3) is 4.61. The topological polar surface area (TPSA) is 116 Å². The van der Waals surface area contributed by atoms with E-state index in [1.54, 1.807) is 18.2 Å². The minimum Gasteiger partial charge on any atom is -0.483 e. The zero-order valence-electron chi connectivity index (χ0n) is 16.9. The molecule has 1 atom stereocenters. The number of nitrogens with zero attached hydrogens (tertiary/aromatic N) is 3. The molecule has 0 bridgehead atoms. The predicted octanol–water partition coefficient (Wildman–Crippen LogP) is 3.74. The number of carbonyl (C=O) groups is 2. The van der Waals surface area contributed by atoms with Crippen LogP contribution in [0.1, 0.15) is 24.8 Å². The van der Waals surface area contributed by atoms with E-state index in [1.807, 2.05) is 6.07 Å². The van der Waals surface area contributed by atoms with Gasteiger partial charge in [-0.3, -0.25) is 4.79 Å². The summed E-state index contributed by atoms with van der Waals surface area (Å²) in [6.07, 6.45) is 0.127. The number of carboxylic acid groups (broad SMARTS) is 1. The summed E-state index contributed by atoms with van der Waals surface area (Å²) in [6.45, 7) is -1.04. The number of hydrogen-bond acceptors (Lipinski definition) is 5. The number of alkyl halides is 2. The highest BCUT2D eigenvalue weighted by Gasteiger charge is 2.48. The van der Waals surface area contributed by atoms with Crippen LogP contribution >= 0.6 is 0 Å². The third-order valence-electron chi connectivity index (χ3n) is 5.47. The van der Waals surface area contributed by atoms with Crippen molar-refractivity contribution >= 4 is 17.8 Å². The van der Waals surface area contributed by atoms with Crippen molar-refractivity contribution in [2.24, 2.45) is 5.92 Å². The van der Waals surface area contributed by atoms with E-state index in [1.165, 1.54) is 18.3 Å². The van der Waals surface area contributed by atoms with E-state index in [0.717, 1.165) is 12.8 Å². The lowest BCUT2D eigenvalue weighted by atomic mass is 10.0. The van der Waals surface area contributed by atoms with Gasteiger partial charge >= 0.3 is 12.0 Å². The first-order chi connectivity index (χ1) is 15.3. The van der Waals surface area contributed by atoms with Crippen molar-refractivity contribution in [3.8, 4) is 22.9 Å². The molecule has 166 valence electrons. The quantitative estimate of drug-likeness (QED) is 0.729. The van der Waals surface area contributed by atoms with E-state index >= 15 is 0 Å². The fourth-order valence-electron chi connectivity index (χ4n) is 3.53. The SMILES string of the molecule is N#Cc1cc(-c2ccnc(NC(=O)C3CC3)c2)ccc1OC1CCN(C(=O)O)CC1(F)F. The Bertz CT molecular complexity index is 1100. The Labute approximate surface area is 182 Å². The number of benzene rings is 1. The van der Waals surface area contributed by atoms with E-state index in [0.29, 0.717) is 21.8 Å². The Morgan fingerprint density at radius 2 is 1.97 bits per heavy atom. The number of ether oxygens (including phenoxy) is 1. The number of anilines is 1. The van der Waals surface area contributed by atoms with Crippen molar-refractivity contribution in [1.82, 2.24) is 9.88 Å². The molecule has 1 saturated carbocycles. The van der Waals surface area contributed by atoms with Gasteiger partial charge in [-0.2, -0.15) is 5.26 Å². The summed E-state index contributed by atoms with van der Waals surface area (Å²) in [6, 6.07) is 9.93. The smallest absolute Gasteiger partial charge is 0.407 e. The van der Waals surface area contributed by atoms with Gasteiger partial charge in [-0.05, 0) is 48.2 Å². The molecule has 8 nitrogen and oxygen atoms in total. The molecule has 2 N–H and O–H groups in total. The standard InChI is InChI=1S/C22H20F2N4O4/c23-22(24)12-28(21(30)31)8-6-18(22)32-17-4-3-14(9-16(17)11-25)15-5-7-26-19(10-15)27-20(29)13-1-2-13/h3-5,7,9-10,13,18H,1-2,6,8,12H2,(H,30,31)(H,26,27,29). The molecule has 1 aliphatic carbocycles. The van der Waals surface area contributed by atoms with Crippen LogP contribution in [-0.2, 0) is 4.79 Å². The van der Waals surface area contributed by atoms with Crippen LogP contribution in [0.25, 0.3) is 11.1 Å². The summed E-state index contributed by atoms with van der Waals surface area (Å²) in [4.78, 5) is 27.7. The van der Waals surface area contributed by atoms with Gasteiger partial charge in [-0.1, -0.05) is 6.07 Å². The highest BCUT2D eigenvalue weighted by Crippen LogP contribution is 2.34. The number of likely N-dealkylation sites (tertiary alicyclic amines) is 1. The molecular weight excluding hydrogens is 422 g/mol. The average molecular weight is 442 g/mol. The summed E-state index contributed by atoms with van der Waals surface area (Å²) in [5.74, 6) is -3.04. The molecule has 2 amide bonds. The molecule has 2 fully saturated rings. The predicted molar refractivity (Wildman–Crippen MR) is 109 cm³/mol. The van der Waals surface area contributed by atoms with Crippen molar-refractivity contribution in [3.63, 3.8) is 0 Å². The lowest BCUT2D eigenvalue weighted by molar-refractivity contribution is -0.133. The Morgan fingerprint density at radius 3 is 2.62 bits per heavy atom. The van der Waals surface area contributed by atoms with Crippen LogP contribution in [-0.4, -0.2) is 52.1 Å². The van der Waals surface area contributed by atoms with E-state index < -0.39 is 24.7 Å². The molecular formula is C22H20F2N4O4. The zero-order valence-corrected chi connectivity index (χ0v) is 16.9. The van der Waals surface area contributed by atoms with Crippen molar-refractivity contribution < 1.29 is 28.2 Å². The molecule has 2 aromatic rings. The van der Waals surface area contributed by atoms with Crippen molar-refractivity contribution in [2.45, 2.75) is 31.3 Å². The summed E-state index contributed by atoms with van der Waals surface area (Å²) in [5, 5.41) is 21.2. The van der Waals surface area contributed by atoms with Gasteiger partial charge in [0.05, 0.1) is 12.1 Å². The number of rotatable bonds is 5. The van der Waals surface area contributed by atoms with Crippen LogP contribution in [0.5, 0.6) is 5.75 Å². The van der Waals surface area contributed by atoms with Crippen LogP contribution in [0.3, 0.4) is 0 Å². The average Bonchev–Trinajstić information content (AvgIpc) is 3.60. The van der Waals surface area contributed by atoms with E-state index in [-0.39, 0.29) is 36.1 Å². The largest absolute Gasteiger partial charge is 0.483 e. The Kier molecular flexibility index (Phi) is 5.65. The van der Waals surface area contributed by atoms with Crippen LogP contribution < -0.4 is 10.1 Å². The summed E-state index contributed by atoms with van der Waals surface area (Å²) >= 11 is 0. The minimum absolute atomic E-state index is 0.000941. The molecule has 0 radical (unpaired) electrons. The van der Waals surface area contributed by atoms with E-state index in [2.05, 4.69) is 10.3 Å². The Hall–Kier alpha value is -3.74. The highest BCUT2D eigenvalue weighted by atomic mass is 19.3. The van der Waals surface area contributed by atoms with Gasteiger partial charge in [0.1, 0.15) is 17.6 Å². The Morgan fingerprint density at radius 1 is 1.22 bits per heavy atom. The second kappa shape index (κ2) is 8.42. The van der Waals surface area contributed by atoms with E-state index in [4.69, 9.17) is 9.84 Å². The lowest BCUT2D eigenvalue weighted by Gasteiger charge is -2.36. The highest BCUT2D eigenvalue weighted by molar-refractivity contribution is 5.93. The molecule has 32 heavy (non-hydrogen) atoms. The second-order valence-electron chi connectivity index (χ2n) is 7.88. The molecule has 0 spiro atoms. The number of aromatic nitrogens is 1. The molecule has 1 aromatic carbocycles. The number of piperidine rings is 1. The normalized spacial score (nSPS) is 19.7. The van der Waals surface area contributed by atoms with Gasteiger partial charge in [0.2, 0.25) is 5.91 Å². The van der Waals surface area contributed by atoms with Crippen LogP contribution in [0, 0.1) is 17.2 Å². The number of pyridine rings is 1. The van der Waals surface area contributed by atoms with Crippen molar-refractivity contribution in [3.05, 3.63) is 42.1 Å². The maximum atomic E-state index is 14.4. The van der Waals surface area contributed by atoms with Gasteiger partial charge in [-0.15, -0.1) is 0 Å². The summed E-state index contributed by atoms with van der Waals surface area (Å²) in [5.41, 5.74) is 1.39. The molecule has 2 aliphatic rings. The number of hydrogen-bond donors (Lipinski definition) is 2. The zero-order chi connectivity index (χ0) is 22.9. The molecule has 1 aliphatic heterocycles. The number of halogens is 2. The van der Waals surface area contributed by atoms with Gasteiger partial charge in [0.25, 0.3) is 0 Å². The molecule has 2 heterocycles. The molecule has 1 saturated heterocycles. The van der Waals surface area contributed by atoms with Crippen molar-refractivity contribution in [2.75, 3.05) is 18.4 Å². The monoisotopic (exact) mass is 442 g/mol. The fourth-order valence-corrected chi connectivity index (χ4v) is 3.53. The lowest BCUT2D eigenvalue weighted by Crippen LogP contribution is -2.55. The van der Waals surface area contributed by atoms with Gasteiger partial charge in [0.15, 0.2) is 6.10 Å². The number of nitriles is 1. The first-order valence-electron chi connectivity index (χ1n) is 10.1. The third-order valence-corrected chi connectivity index (χ3v) is 5.47. The first-order valence-corrected chi connectivity index (χ1v) is 10.1. The molecule has 1 aromatic heterocycles. The second-order valence-corrected chi connectivity index (χ2v) is 7.88. The Balaban J connectivity index is 1.52. The summed E-state index contributed by atoms with van der Waals surface area (Å²) in [7, 11) is 0. The summed E-state index contributed by atoms with van der Waals surface area (Å²) < 4.78 is 34.3. The minimum atomic E-state index is -3.39. The van der Waals surface area contributed by atoms with Crippen LogP contribution in [0.2, 0.25) is 0 Å². The van der Waals surface area contributed by atoms with Crippen molar-refractivity contribution in [1.29, 1.82) is 5.26 Å². The van der Waals surface area contributed by atoms with E-state index in [9.17, 15) is 23.6 Å².